The molecule has 134 valence electrons. The highest BCUT2D eigenvalue weighted by Gasteiger charge is 2.11. The minimum absolute atomic E-state index is 0.233. The average molecular weight is 367 g/mol. The highest BCUT2D eigenvalue weighted by Crippen LogP contribution is 2.26. The highest BCUT2D eigenvalue weighted by atomic mass is 16.3. The standard InChI is InChI=1S/C21H13N5O2/c27-20(13-3-5-16-17(10-13)24-9-8-23-16)25-15-4-6-19-18(11-15)26-21(28-19)14-2-1-7-22-12-14/h1-12H,(H,25,27). The lowest BCUT2D eigenvalue weighted by Crippen LogP contribution is -2.11. The van der Waals surface area contributed by atoms with Crippen LogP contribution in [-0.4, -0.2) is 25.8 Å². The molecule has 0 saturated carbocycles. The summed E-state index contributed by atoms with van der Waals surface area (Å²) in [6.07, 6.45) is 6.60. The second-order valence-electron chi connectivity index (χ2n) is 6.16. The van der Waals surface area contributed by atoms with Gasteiger partial charge in [-0.05, 0) is 48.5 Å². The summed E-state index contributed by atoms with van der Waals surface area (Å²) < 4.78 is 5.77. The summed E-state index contributed by atoms with van der Waals surface area (Å²) in [5, 5.41) is 2.88. The molecule has 1 amide bonds. The molecule has 0 radical (unpaired) electrons. The SMILES string of the molecule is O=C(Nc1ccc2oc(-c3cccnc3)nc2c1)c1ccc2nccnc2c1. The van der Waals surface area contributed by atoms with E-state index in [0.29, 0.717) is 33.8 Å². The number of anilines is 1. The lowest BCUT2D eigenvalue weighted by Gasteiger charge is -2.05. The molecule has 28 heavy (non-hydrogen) atoms. The molecule has 7 nitrogen and oxygen atoms in total. The third-order valence-electron chi connectivity index (χ3n) is 4.29. The number of nitrogens with zero attached hydrogens (tertiary/aromatic N) is 4. The molecular weight excluding hydrogens is 354 g/mol. The number of oxazole rings is 1. The number of hydrogen-bond donors (Lipinski definition) is 1. The molecule has 0 bridgehead atoms. The zero-order valence-corrected chi connectivity index (χ0v) is 14.5. The van der Waals surface area contributed by atoms with E-state index in [1.54, 1.807) is 61.2 Å². The molecule has 5 aromatic rings. The number of hydrogen-bond acceptors (Lipinski definition) is 6. The van der Waals surface area contributed by atoms with Gasteiger partial charge in [0.2, 0.25) is 5.89 Å². The molecular formula is C21H13N5O2. The van der Waals surface area contributed by atoms with Crippen LogP contribution in [0.15, 0.2) is 77.7 Å². The van der Waals surface area contributed by atoms with Crippen molar-refractivity contribution >= 4 is 33.7 Å². The van der Waals surface area contributed by atoms with E-state index in [-0.39, 0.29) is 5.91 Å². The topological polar surface area (TPSA) is 93.8 Å². The number of carbonyl (C=O) groups is 1. The monoisotopic (exact) mass is 367 g/mol. The zero-order chi connectivity index (χ0) is 18.9. The Balaban J connectivity index is 1.43. The van der Waals surface area contributed by atoms with Gasteiger partial charge in [0, 0.05) is 36.0 Å². The number of pyridine rings is 1. The number of amides is 1. The molecule has 0 spiro atoms. The second kappa shape index (κ2) is 6.55. The van der Waals surface area contributed by atoms with Gasteiger partial charge in [0.05, 0.1) is 16.6 Å². The van der Waals surface area contributed by atoms with E-state index in [4.69, 9.17) is 4.42 Å². The van der Waals surface area contributed by atoms with Crippen molar-refractivity contribution in [3.05, 3.63) is 78.9 Å². The molecule has 5 rings (SSSR count). The van der Waals surface area contributed by atoms with Gasteiger partial charge in [0.15, 0.2) is 5.58 Å². The molecule has 3 aromatic heterocycles. The molecule has 0 fully saturated rings. The van der Waals surface area contributed by atoms with E-state index in [1.165, 1.54) is 0 Å². The maximum atomic E-state index is 12.6. The van der Waals surface area contributed by atoms with Gasteiger partial charge < -0.3 is 9.73 Å². The van der Waals surface area contributed by atoms with Crippen molar-refractivity contribution in [3.8, 4) is 11.5 Å². The number of nitrogens with one attached hydrogen (secondary N) is 1. The molecule has 0 atom stereocenters. The Bertz CT molecular complexity index is 1310. The summed E-state index contributed by atoms with van der Waals surface area (Å²) in [6, 6.07) is 14.2. The summed E-state index contributed by atoms with van der Waals surface area (Å²) in [5.41, 5.74) is 4.63. The van der Waals surface area contributed by atoms with Crippen molar-refractivity contribution < 1.29 is 9.21 Å². The minimum atomic E-state index is -0.233. The van der Waals surface area contributed by atoms with Crippen molar-refractivity contribution in [2.45, 2.75) is 0 Å². The Morgan fingerprint density at radius 2 is 1.79 bits per heavy atom. The maximum absolute atomic E-state index is 12.6. The first-order chi connectivity index (χ1) is 13.8. The van der Waals surface area contributed by atoms with Crippen LogP contribution in [0.4, 0.5) is 5.69 Å². The fourth-order valence-electron chi connectivity index (χ4n) is 2.93. The van der Waals surface area contributed by atoms with Crippen molar-refractivity contribution in [3.63, 3.8) is 0 Å². The Morgan fingerprint density at radius 1 is 0.893 bits per heavy atom. The first kappa shape index (κ1) is 16.1. The Kier molecular flexibility index (Phi) is 3.76. The Hall–Kier alpha value is -4.13. The number of aromatic nitrogens is 4. The smallest absolute Gasteiger partial charge is 0.255 e. The fraction of sp³-hybridized carbons (Fsp3) is 0. The van der Waals surface area contributed by atoms with Gasteiger partial charge >= 0.3 is 0 Å². The van der Waals surface area contributed by atoms with Crippen LogP contribution in [0.2, 0.25) is 0 Å². The van der Waals surface area contributed by atoms with Gasteiger partial charge in [-0.1, -0.05) is 0 Å². The molecule has 0 unspecified atom stereocenters. The van der Waals surface area contributed by atoms with Crippen LogP contribution in [0.1, 0.15) is 10.4 Å². The second-order valence-corrected chi connectivity index (χ2v) is 6.16. The zero-order valence-electron chi connectivity index (χ0n) is 14.5. The van der Waals surface area contributed by atoms with Crippen molar-refractivity contribution in [1.82, 2.24) is 19.9 Å². The number of fused-ring (bicyclic) bond motifs is 2. The summed E-state index contributed by atoms with van der Waals surface area (Å²) in [5.74, 6) is 0.252. The number of benzene rings is 2. The first-order valence-electron chi connectivity index (χ1n) is 8.59. The quantitative estimate of drug-likeness (QED) is 0.516. The number of carbonyl (C=O) groups excluding carboxylic acids is 1. The van der Waals surface area contributed by atoms with Gasteiger partial charge in [-0.15, -0.1) is 0 Å². The summed E-state index contributed by atoms with van der Waals surface area (Å²) >= 11 is 0. The van der Waals surface area contributed by atoms with E-state index in [9.17, 15) is 4.79 Å². The Morgan fingerprint density at radius 3 is 2.64 bits per heavy atom. The van der Waals surface area contributed by atoms with E-state index in [2.05, 4.69) is 25.3 Å². The summed E-state index contributed by atoms with van der Waals surface area (Å²) in [4.78, 5) is 29.6. The fourth-order valence-corrected chi connectivity index (χ4v) is 2.93. The minimum Gasteiger partial charge on any atom is -0.436 e. The average Bonchev–Trinajstić information content (AvgIpc) is 3.17. The molecule has 3 heterocycles. The molecule has 0 saturated heterocycles. The summed E-state index contributed by atoms with van der Waals surface area (Å²) in [6.45, 7) is 0. The van der Waals surface area contributed by atoms with Crippen LogP contribution < -0.4 is 5.32 Å². The normalized spacial score (nSPS) is 11.0. The van der Waals surface area contributed by atoms with Gasteiger partial charge in [-0.25, -0.2) is 4.98 Å². The predicted molar refractivity (Wildman–Crippen MR) is 105 cm³/mol. The van der Waals surface area contributed by atoms with Gasteiger partial charge in [0.25, 0.3) is 5.91 Å². The van der Waals surface area contributed by atoms with Crippen LogP contribution >= 0.6 is 0 Å². The van der Waals surface area contributed by atoms with E-state index in [1.807, 2.05) is 12.1 Å². The first-order valence-corrected chi connectivity index (χ1v) is 8.59. The Labute approximate surface area is 159 Å². The van der Waals surface area contributed by atoms with Crippen LogP contribution in [-0.2, 0) is 0 Å². The van der Waals surface area contributed by atoms with Gasteiger partial charge in [-0.2, -0.15) is 0 Å². The number of rotatable bonds is 3. The molecule has 0 aliphatic rings. The lowest BCUT2D eigenvalue weighted by atomic mass is 10.1. The summed E-state index contributed by atoms with van der Waals surface area (Å²) in [7, 11) is 0. The van der Waals surface area contributed by atoms with Crippen LogP contribution in [0.25, 0.3) is 33.6 Å². The third-order valence-corrected chi connectivity index (χ3v) is 4.29. The van der Waals surface area contributed by atoms with E-state index >= 15 is 0 Å². The molecule has 7 heteroatoms. The van der Waals surface area contributed by atoms with Crippen molar-refractivity contribution in [1.29, 1.82) is 0 Å². The van der Waals surface area contributed by atoms with E-state index in [0.717, 1.165) is 11.1 Å². The molecule has 0 aliphatic carbocycles. The van der Waals surface area contributed by atoms with Gasteiger partial charge in [-0.3, -0.25) is 19.7 Å². The predicted octanol–water partition coefficient (Wildman–Crippen LogP) is 4.09. The van der Waals surface area contributed by atoms with Gasteiger partial charge in [0.1, 0.15) is 5.52 Å². The van der Waals surface area contributed by atoms with Crippen molar-refractivity contribution in [2.24, 2.45) is 0 Å². The van der Waals surface area contributed by atoms with Crippen LogP contribution in [0.5, 0.6) is 0 Å². The molecule has 2 aromatic carbocycles. The molecule has 1 N–H and O–H groups in total. The highest BCUT2D eigenvalue weighted by molar-refractivity contribution is 6.06. The lowest BCUT2D eigenvalue weighted by molar-refractivity contribution is 0.102. The maximum Gasteiger partial charge on any atom is 0.255 e. The molecule has 0 aliphatic heterocycles. The van der Waals surface area contributed by atoms with Crippen LogP contribution in [0.3, 0.4) is 0 Å². The van der Waals surface area contributed by atoms with E-state index < -0.39 is 0 Å². The largest absolute Gasteiger partial charge is 0.436 e. The van der Waals surface area contributed by atoms with Crippen LogP contribution in [0, 0.1) is 0 Å². The van der Waals surface area contributed by atoms with Crippen molar-refractivity contribution in [2.75, 3.05) is 5.32 Å². The third kappa shape index (κ3) is 2.95.